The Kier molecular flexibility index (Phi) is 4.88. The quantitative estimate of drug-likeness (QED) is 0.822. The zero-order valence-electron chi connectivity index (χ0n) is 12.2. The minimum atomic E-state index is -1.11. The van der Waals surface area contributed by atoms with Crippen LogP contribution in [0.25, 0.3) is 0 Å². The minimum absolute atomic E-state index is 0.168. The molecule has 0 saturated heterocycles. The summed E-state index contributed by atoms with van der Waals surface area (Å²) in [7, 11) is 1.47. The van der Waals surface area contributed by atoms with E-state index in [0.717, 1.165) is 10.6 Å². The van der Waals surface area contributed by atoms with Crippen LogP contribution in [0.5, 0.6) is 0 Å². The van der Waals surface area contributed by atoms with E-state index in [1.807, 2.05) is 18.2 Å². The SMILES string of the molecule is CN1N=C(C(=O)NC(Cc2ccccc2)C(=O)O)CCC1=O. The van der Waals surface area contributed by atoms with Gasteiger partial charge in [0.2, 0.25) is 5.91 Å². The summed E-state index contributed by atoms with van der Waals surface area (Å²) in [4.78, 5) is 34.8. The Morgan fingerprint density at radius 1 is 1.32 bits per heavy atom. The number of nitrogens with one attached hydrogen (secondary N) is 1. The molecule has 116 valence electrons. The van der Waals surface area contributed by atoms with Crippen LogP contribution >= 0.6 is 0 Å². The molecular formula is C15H17N3O4. The lowest BCUT2D eigenvalue weighted by Gasteiger charge is -2.20. The lowest BCUT2D eigenvalue weighted by Crippen LogP contribution is -2.46. The van der Waals surface area contributed by atoms with Crippen LogP contribution in [0.2, 0.25) is 0 Å². The van der Waals surface area contributed by atoms with E-state index in [1.54, 1.807) is 12.1 Å². The topological polar surface area (TPSA) is 99.1 Å². The van der Waals surface area contributed by atoms with Crippen LogP contribution in [0, 0.1) is 0 Å². The van der Waals surface area contributed by atoms with Gasteiger partial charge in [0.05, 0.1) is 0 Å². The van der Waals surface area contributed by atoms with Crippen molar-refractivity contribution in [3.05, 3.63) is 35.9 Å². The van der Waals surface area contributed by atoms with Gasteiger partial charge >= 0.3 is 5.97 Å². The van der Waals surface area contributed by atoms with Crippen molar-refractivity contribution in [3.63, 3.8) is 0 Å². The highest BCUT2D eigenvalue weighted by Crippen LogP contribution is 2.08. The predicted molar refractivity (Wildman–Crippen MR) is 79.2 cm³/mol. The van der Waals surface area contributed by atoms with Gasteiger partial charge in [-0.15, -0.1) is 0 Å². The van der Waals surface area contributed by atoms with E-state index < -0.39 is 17.9 Å². The van der Waals surface area contributed by atoms with Crippen molar-refractivity contribution in [2.45, 2.75) is 25.3 Å². The second-order valence-electron chi connectivity index (χ2n) is 5.02. The van der Waals surface area contributed by atoms with E-state index in [-0.39, 0.29) is 30.9 Å². The van der Waals surface area contributed by atoms with Crippen molar-refractivity contribution >= 4 is 23.5 Å². The third-order valence-corrected chi connectivity index (χ3v) is 3.36. The molecule has 0 bridgehead atoms. The summed E-state index contributed by atoms with van der Waals surface area (Å²) in [6.45, 7) is 0. The van der Waals surface area contributed by atoms with Gasteiger partial charge in [0, 0.05) is 26.3 Å². The van der Waals surface area contributed by atoms with Crippen LogP contribution in [0.1, 0.15) is 18.4 Å². The summed E-state index contributed by atoms with van der Waals surface area (Å²) in [6, 6.07) is 8.00. The first-order valence-electron chi connectivity index (χ1n) is 6.89. The molecule has 22 heavy (non-hydrogen) atoms. The fraction of sp³-hybridized carbons (Fsp3) is 0.333. The van der Waals surface area contributed by atoms with Crippen LogP contribution in [0.3, 0.4) is 0 Å². The minimum Gasteiger partial charge on any atom is -0.480 e. The number of hydrazone groups is 1. The smallest absolute Gasteiger partial charge is 0.326 e. The van der Waals surface area contributed by atoms with Crippen LogP contribution < -0.4 is 5.32 Å². The first-order valence-corrected chi connectivity index (χ1v) is 6.89. The van der Waals surface area contributed by atoms with Crippen LogP contribution in [0.15, 0.2) is 35.4 Å². The van der Waals surface area contributed by atoms with Crippen molar-refractivity contribution in [2.24, 2.45) is 5.10 Å². The maximum absolute atomic E-state index is 12.1. The number of nitrogens with zero attached hydrogens (tertiary/aromatic N) is 2. The molecule has 0 saturated carbocycles. The zero-order chi connectivity index (χ0) is 16.1. The Labute approximate surface area is 127 Å². The number of hydrogen-bond acceptors (Lipinski definition) is 4. The summed E-state index contributed by atoms with van der Waals surface area (Å²) in [5, 5.41) is 16.7. The van der Waals surface area contributed by atoms with Crippen molar-refractivity contribution in [1.82, 2.24) is 10.3 Å². The van der Waals surface area contributed by atoms with Crippen molar-refractivity contribution in [2.75, 3.05) is 7.05 Å². The molecule has 0 fully saturated rings. The molecule has 7 nitrogen and oxygen atoms in total. The number of carbonyl (C=O) groups excluding carboxylic acids is 2. The van der Waals surface area contributed by atoms with Gasteiger partial charge in [-0.2, -0.15) is 5.10 Å². The Morgan fingerprint density at radius 2 is 2.00 bits per heavy atom. The van der Waals surface area contributed by atoms with Gasteiger partial charge in [0.1, 0.15) is 11.8 Å². The summed E-state index contributed by atoms with van der Waals surface area (Å²) in [5.41, 5.74) is 0.981. The van der Waals surface area contributed by atoms with E-state index in [0.29, 0.717) is 0 Å². The monoisotopic (exact) mass is 303 g/mol. The summed E-state index contributed by atoms with van der Waals surface area (Å²) < 4.78 is 0. The molecule has 1 heterocycles. The normalized spacial score (nSPS) is 16.0. The van der Waals surface area contributed by atoms with Crippen LogP contribution in [-0.4, -0.2) is 46.7 Å². The second kappa shape index (κ2) is 6.84. The van der Waals surface area contributed by atoms with Crippen LogP contribution in [0.4, 0.5) is 0 Å². The maximum Gasteiger partial charge on any atom is 0.326 e. The Bertz CT molecular complexity index is 612. The molecular weight excluding hydrogens is 286 g/mol. The molecule has 0 aromatic heterocycles. The van der Waals surface area contributed by atoms with E-state index >= 15 is 0 Å². The number of rotatable bonds is 5. The van der Waals surface area contributed by atoms with Gasteiger partial charge in [-0.1, -0.05) is 30.3 Å². The number of aliphatic carboxylic acids is 1. The third-order valence-electron chi connectivity index (χ3n) is 3.36. The number of carboxylic acid groups (broad SMARTS) is 1. The van der Waals surface area contributed by atoms with Crippen molar-refractivity contribution in [1.29, 1.82) is 0 Å². The highest BCUT2D eigenvalue weighted by molar-refractivity contribution is 6.39. The summed E-state index contributed by atoms with van der Waals surface area (Å²) in [6.07, 6.45) is 0.593. The van der Waals surface area contributed by atoms with E-state index in [9.17, 15) is 19.5 Å². The van der Waals surface area contributed by atoms with Gasteiger partial charge in [-0.3, -0.25) is 9.59 Å². The number of hydrogen-bond donors (Lipinski definition) is 2. The highest BCUT2D eigenvalue weighted by Gasteiger charge is 2.26. The van der Waals surface area contributed by atoms with E-state index in [4.69, 9.17) is 0 Å². The summed E-state index contributed by atoms with van der Waals surface area (Å²) in [5.74, 6) is -1.84. The molecule has 1 aromatic carbocycles. The molecule has 0 spiro atoms. The Hall–Kier alpha value is -2.70. The molecule has 0 radical (unpaired) electrons. The van der Waals surface area contributed by atoms with E-state index in [1.165, 1.54) is 7.05 Å². The highest BCUT2D eigenvalue weighted by atomic mass is 16.4. The number of carbonyl (C=O) groups is 3. The molecule has 7 heteroatoms. The largest absolute Gasteiger partial charge is 0.480 e. The van der Waals surface area contributed by atoms with Crippen molar-refractivity contribution in [3.8, 4) is 0 Å². The van der Waals surface area contributed by atoms with E-state index in [2.05, 4.69) is 10.4 Å². The van der Waals surface area contributed by atoms with Gasteiger partial charge in [-0.05, 0) is 5.56 Å². The fourth-order valence-corrected chi connectivity index (χ4v) is 2.12. The average Bonchev–Trinajstić information content (AvgIpc) is 2.50. The molecule has 1 aromatic rings. The first kappa shape index (κ1) is 15.7. The summed E-state index contributed by atoms with van der Waals surface area (Å²) >= 11 is 0. The van der Waals surface area contributed by atoms with Gasteiger partial charge in [0.25, 0.3) is 5.91 Å². The number of carboxylic acids is 1. The Balaban J connectivity index is 2.05. The molecule has 1 atom stereocenters. The van der Waals surface area contributed by atoms with Gasteiger partial charge in [0.15, 0.2) is 0 Å². The molecule has 2 rings (SSSR count). The molecule has 0 aliphatic carbocycles. The average molecular weight is 303 g/mol. The molecule has 2 N–H and O–H groups in total. The number of amides is 2. The molecule has 2 amide bonds. The predicted octanol–water partition coefficient (Wildman–Crippen LogP) is 0.407. The second-order valence-corrected chi connectivity index (χ2v) is 5.02. The maximum atomic E-state index is 12.1. The van der Waals surface area contributed by atoms with Gasteiger partial charge < -0.3 is 10.4 Å². The first-order chi connectivity index (χ1) is 10.5. The standard InChI is InChI=1S/C15H17N3O4/c1-18-13(19)8-7-11(17-18)14(20)16-12(15(21)22)9-10-5-3-2-4-6-10/h2-6,12H,7-9H2,1H3,(H,16,20)(H,21,22). The zero-order valence-corrected chi connectivity index (χ0v) is 12.2. The molecule has 1 unspecified atom stereocenters. The van der Waals surface area contributed by atoms with Crippen molar-refractivity contribution < 1.29 is 19.5 Å². The van der Waals surface area contributed by atoms with Crippen LogP contribution in [-0.2, 0) is 20.8 Å². The lowest BCUT2D eigenvalue weighted by molar-refractivity contribution is -0.141. The Morgan fingerprint density at radius 3 is 2.59 bits per heavy atom. The van der Waals surface area contributed by atoms with Gasteiger partial charge in [-0.25, -0.2) is 9.80 Å². The number of benzene rings is 1. The molecule has 1 aliphatic heterocycles. The lowest BCUT2D eigenvalue weighted by atomic mass is 10.1. The third kappa shape index (κ3) is 3.91. The molecule has 1 aliphatic rings. The fourth-order valence-electron chi connectivity index (χ4n) is 2.12.